The van der Waals surface area contributed by atoms with Gasteiger partial charge in [-0.25, -0.2) is 9.13 Å². The van der Waals surface area contributed by atoms with Crippen LogP contribution in [0.4, 0.5) is 0 Å². The van der Waals surface area contributed by atoms with Crippen LogP contribution in [0.3, 0.4) is 0 Å². The van der Waals surface area contributed by atoms with Crippen molar-refractivity contribution in [1.29, 1.82) is 0 Å². The second kappa shape index (κ2) is 71.1. The topological polar surface area (TPSA) is 237 Å². The fourth-order valence-electron chi connectivity index (χ4n) is 9.97. The quantitative estimate of drug-likeness (QED) is 0.0169. The molecular weight excluding hydrogens is 1280 g/mol. The molecule has 0 aliphatic carbocycles. The molecule has 0 rings (SSSR count). The largest absolute Gasteiger partial charge is 0.472 e. The number of carbonyl (C=O) groups is 4. The number of phosphoric ester groups is 2. The summed E-state index contributed by atoms with van der Waals surface area (Å²) >= 11 is 0. The zero-order chi connectivity index (χ0) is 71.8. The Kier molecular flexibility index (Phi) is 68.0. The molecule has 0 saturated heterocycles. The highest BCUT2D eigenvalue weighted by Crippen LogP contribution is 2.45. The summed E-state index contributed by atoms with van der Waals surface area (Å²) in [4.78, 5) is 72.8. The summed E-state index contributed by atoms with van der Waals surface area (Å²) < 4.78 is 68.4. The number of carbonyl (C=O) groups excluding carboxylic acids is 4. The van der Waals surface area contributed by atoms with Crippen LogP contribution in [0.2, 0.25) is 0 Å². The van der Waals surface area contributed by atoms with E-state index in [0.29, 0.717) is 25.7 Å². The fraction of sp³-hybridized carbons (Fsp3) is 0.722. The van der Waals surface area contributed by atoms with Crippen molar-refractivity contribution in [2.24, 2.45) is 0 Å². The molecule has 0 saturated carbocycles. The van der Waals surface area contributed by atoms with Gasteiger partial charge in [-0.05, 0) is 122 Å². The minimum atomic E-state index is -4.98. The number of phosphoric acid groups is 2. The average Bonchev–Trinajstić information content (AvgIpc) is 0.973. The SMILES string of the molecule is CC/C=C\C/C=C\C/C=C\C/C=C\CCCCCCC(=O)OCC(COP(=O)(O)OCC(O)COP(=O)(O)OCC(COC(=O)CCCCCCCCC/C=C\C/C=C\C/C=C\CC)OC(=O)CCCCCCCCCCCCC)OC(=O)CCCCCCC/C=C\C/C=C\CCC. The summed E-state index contributed by atoms with van der Waals surface area (Å²) in [7, 11) is -9.96. The lowest BCUT2D eigenvalue weighted by molar-refractivity contribution is -0.161. The molecular formula is C79H136O17P2. The Morgan fingerprint density at radius 1 is 0.296 bits per heavy atom. The van der Waals surface area contributed by atoms with Gasteiger partial charge in [-0.2, -0.15) is 0 Å². The summed E-state index contributed by atoms with van der Waals surface area (Å²) in [5, 5.41) is 10.6. The fourth-order valence-corrected chi connectivity index (χ4v) is 11.5. The number of aliphatic hydroxyl groups is 1. The molecule has 0 fully saturated rings. The summed E-state index contributed by atoms with van der Waals surface area (Å²) in [6.45, 7) is 4.54. The molecule has 0 aromatic rings. The standard InChI is InChI=1S/C79H136O17P2/c1-5-9-13-17-21-25-29-32-34-36-38-41-44-47-51-55-59-63-76(81)89-69-74(95-78(83)65-61-57-53-49-43-28-24-20-16-12-8-4)71-93-97(85,86)91-67-73(80)68-92-98(87,88)94-72-75(96-79(84)66-62-58-54-50-46-40-31-27-23-19-15-11-7-3)70-90-77(82)64-60-56-52-48-45-42-39-37-35-33-30-26-22-18-14-10-6-2/h9-10,13-15,19,21-22,25-27,31-35,39,42,73-75,80H,5-8,11-12,16-18,20,23-24,28-30,36-38,40-41,43-72H2,1-4H3,(H,85,86)(H,87,88)/b13-9-,14-10-,19-15-,25-21-,26-22-,31-27-,34-32-,35-33-,42-39-. The molecule has 0 aliphatic rings. The van der Waals surface area contributed by atoms with Crippen molar-refractivity contribution in [3.8, 4) is 0 Å². The highest BCUT2D eigenvalue weighted by molar-refractivity contribution is 7.47. The van der Waals surface area contributed by atoms with Crippen LogP contribution in [0, 0.1) is 0 Å². The number of rotatable bonds is 71. The first kappa shape index (κ1) is 93.7. The summed E-state index contributed by atoms with van der Waals surface area (Å²) in [5.74, 6) is -2.22. The third kappa shape index (κ3) is 70.2. The first-order valence-corrected chi connectivity index (χ1v) is 41.1. The van der Waals surface area contributed by atoms with Gasteiger partial charge in [0, 0.05) is 25.7 Å². The van der Waals surface area contributed by atoms with Gasteiger partial charge in [0.25, 0.3) is 0 Å². The van der Waals surface area contributed by atoms with Gasteiger partial charge >= 0.3 is 39.5 Å². The van der Waals surface area contributed by atoms with E-state index in [1.165, 1.54) is 38.5 Å². The first-order chi connectivity index (χ1) is 47.7. The lowest BCUT2D eigenvalue weighted by Crippen LogP contribution is -2.30. The van der Waals surface area contributed by atoms with Crippen molar-refractivity contribution in [2.75, 3.05) is 39.6 Å². The van der Waals surface area contributed by atoms with E-state index in [2.05, 4.69) is 137 Å². The van der Waals surface area contributed by atoms with E-state index in [4.69, 9.17) is 37.0 Å². The van der Waals surface area contributed by atoms with Crippen molar-refractivity contribution in [1.82, 2.24) is 0 Å². The van der Waals surface area contributed by atoms with Crippen LogP contribution >= 0.6 is 15.6 Å². The van der Waals surface area contributed by atoms with Crippen LogP contribution in [0.5, 0.6) is 0 Å². The minimum absolute atomic E-state index is 0.0722. The molecule has 0 radical (unpaired) electrons. The average molecular weight is 1420 g/mol. The molecule has 5 atom stereocenters. The van der Waals surface area contributed by atoms with Crippen LogP contribution in [0.1, 0.15) is 310 Å². The van der Waals surface area contributed by atoms with Gasteiger partial charge in [-0.3, -0.25) is 37.3 Å². The van der Waals surface area contributed by atoms with Crippen LogP contribution < -0.4 is 0 Å². The van der Waals surface area contributed by atoms with E-state index in [9.17, 15) is 43.2 Å². The van der Waals surface area contributed by atoms with Gasteiger partial charge in [-0.15, -0.1) is 0 Å². The molecule has 564 valence electrons. The Bertz CT molecular complexity index is 2290. The van der Waals surface area contributed by atoms with Gasteiger partial charge in [0.05, 0.1) is 26.4 Å². The smallest absolute Gasteiger partial charge is 0.462 e. The maximum atomic E-state index is 13.1. The molecule has 98 heavy (non-hydrogen) atoms. The van der Waals surface area contributed by atoms with Gasteiger partial charge in [0.15, 0.2) is 12.2 Å². The first-order valence-electron chi connectivity index (χ1n) is 38.1. The van der Waals surface area contributed by atoms with Crippen LogP contribution in [-0.2, 0) is 65.4 Å². The monoisotopic (exact) mass is 1420 g/mol. The van der Waals surface area contributed by atoms with E-state index in [0.717, 1.165) is 193 Å². The zero-order valence-corrected chi connectivity index (χ0v) is 63.2. The molecule has 0 aromatic carbocycles. The number of unbranched alkanes of at least 4 members (excludes halogenated alkanes) is 27. The Morgan fingerprint density at radius 2 is 0.551 bits per heavy atom. The number of aliphatic hydroxyl groups excluding tert-OH is 1. The third-order valence-corrected chi connectivity index (χ3v) is 17.6. The van der Waals surface area contributed by atoms with Crippen LogP contribution in [0.15, 0.2) is 109 Å². The Balaban J connectivity index is 5.33. The molecule has 5 unspecified atom stereocenters. The molecule has 3 N–H and O–H groups in total. The van der Waals surface area contributed by atoms with Crippen molar-refractivity contribution in [3.05, 3.63) is 109 Å². The van der Waals surface area contributed by atoms with Crippen molar-refractivity contribution in [2.45, 2.75) is 329 Å². The molecule has 0 amide bonds. The van der Waals surface area contributed by atoms with Crippen LogP contribution in [0.25, 0.3) is 0 Å². The van der Waals surface area contributed by atoms with Crippen molar-refractivity contribution >= 4 is 39.5 Å². The summed E-state index contributed by atoms with van der Waals surface area (Å²) in [5.41, 5.74) is 0. The van der Waals surface area contributed by atoms with E-state index in [1.54, 1.807) is 0 Å². The Hall–Kier alpha value is -4.28. The third-order valence-electron chi connectivity index (χ3n) is 15.7. The van der Waals surface area contributed by atoms with Gasteiger partial charge < -0.3 is 33.8 Å². The number of esters is 4. The number of hydrogen-bond donors (Lipinski definition) is 3. The predicted molar refractivity (Wildman–Crippen MR) is 399 cm³/mol. The zero-order valence-electron chi connectivity index (χ0n) is 61.4. The minimum Gasteiger partial charge on any atom is -0.462 e. The molecule has 0 aromatic heterocycles. The lowest BCUT2D eigenvalue weighted by Gasteiger charge is -2.21. The molecule has 19 heteroatoms. The molecule has 0 spiro atoms. The second-order valence-electron chi connectivity index (χ2n) is 25.2. The van der Waals surface area contributed by atoms with Gasteiger partial charge in [-0.1, -0.05) is 272 Å². The predicted octanol–water partition coefficient (Wildman–Crippen LogP) is 21.8. The number of ether oxygens (including phenoxy) is 4. The summed E-state index contributed by atoms with van der Waals surface area (Å²) in [6.07, 6.45) is 75.1. The van der Waals surface area contributed by atoms with E-state index in [-0.39, 0.29) is 25.7 Å². The maximum Gasteiger partial charge on any atom is 0.472 e. The van der Waals surface area contributed by atoms with Crippen molar-refractivity contribution in [3.63, 3.8) is 0 Å². The second-order valence-corrected chi connectivity index (χ2v) is 28.1. The number of hydrogen-bond acceptors (Lipinski definition) is 15. The normalized spacial score (nSPS) is 14.6. The summed E-state index contributed by atoms with van der Waals surface area (Å²) in [6, 6.07) is 0. The van der Waals surface area contributed by atoms with E-state index in [1.807, 2.05) is 0 Å². The molecule has 0 bridgehead atoms. The maximum absolute atomic E-state index is 13.1. The Morgan fingerprint density at radius 3 is 0.857 bits per heavy atom. The number of allylic oxidation sites excluding steroid dienone is 18. The van der Waals surface area contributed by atoms with Crippen LogP contribution in [-0.4, -0.2) is 96.7 Å². The highest BCUT2D eigenvalue weighted by atomic mass is 31.2. The molecule has 0 heterocycles. The highest BCUT2D eigenvalue weighted by Gasteiger charge is 2.30. The van der Waals surface area contributed by atoms with Crippen molar-refractivity contribution < 1.29 is 80.2 Å². The Labute approximate surface area is 594 Å². The molecule has 17 nitrogen and oxygen atoms in total. The van der Waals surface area contributed by atoms with E-state index >= 15 is 0 Å². The molecule has 0 aliphatic heterocycles. The van der Waals surface area contributed by atoms with Gasteiger partial charge in [0.1, 0.15) is 19.3 Å². The van der Waals surface area contributed by atoms with Gasteiger partial charge in [0.2, 0.25) is 0 Å². The van der Waals surface area contributed by atoms with E-state index < -0.39 is 97.5 Å². The lowest BCUT2D eigenvalue weighted by atomic mass is 10.1.